The van der Waals surface area contributed by atoms with Gasteiger partial charge in [-0.2, -0.15) is 0 Å². The van der Waals surface area contributed by atoms with Gasteiger partial charge in [0, 0.05) is 11.1 Å². The molecule has 3 aromatic carbocycles. The van der Waals surface area contributed by atoms with Crippen LogP contribution in [0.1, 0.15) is 0 Å². The molecule has 6 heteroatoms. The highest BCUT2D eigenvalue weighted by Gasteiger charge is 2.16. The number of nitrogens with zero attached hydrogens (tertiary/aromatic N) is 2. The lowest BCUT2D eigenvalue weighted by molar-refractivity contribution is 0.407. The quantitative estimate of drug-likeness (QED) is 0.362. The van der Waals surface area contributed by atoms with Gasteiger partial charge in [0.25, 0.3) is 0 Å². The summed E-state index contributed by atoms with van der Waals surface area (Å²) >= 11 is 0. The summed E-state index contributed by atoms with van der Waals surface area (Å²) in [5.41, 5.74) is 4.58. The number of phenols is 2. The van der Waals surface area contributed by atoms with E-state index in [0.29, 0.717) is 16.9 Å². The summed E-state index contributed by atoms with van der Waals surface area (Å²) in [5, 5.41) is 19.7. The Morgan fingerprint density at radius 3 is 2.08 bits per heavy atom. The highest BCUT2D eigenvalue weighted by atomic mass is 16.3. The van der Waals surface area contributed by atoms with E-state index >= 15 is 0 Å². The molecule has 0 spiro atoms. The minimum atomic E-state index is -0.230. The van der Waals surface area contributed by atoms with Crippen LogP contribution in [-0.4, -0.2) is 30.1 Å². The van der Waals surface area contributed by atoms with Crippen molar-refractivity contribution in [1.82, 2.24) is 19.9 Å². The molecule has 0 aliphatic rings. The van der Waals surface area contributed by atoms with E-state index in [-0.39, 0.29) is 11.5 Å². The number of rotatable bonds is 2. The normalized spacial score (nSPS) is 11.4. The number of H-pyrrole nitrogens is 2. The minimum absolute atomic E-state index is 0.193. The van der Waals surface area contributed by atoms with Gasteiger partial charge in [-0.1, -0.05) is 36.4 Å². The maximum atomic E-state index is 10.0. The fraction of sp³-hybridized carbons (Fsp3) is 0. The lowest BCUT2D eigenvalue weighted by Gasteiger charge is -2.04. The van der Waals surface area contributed by atoms with Crippen LogP contribution in [0.2, 0.25) is 0 Å². The maximum Gasteiger partial charge on any atom is 0.185 e. The molecule has 0 aliphatic carbocycles. The first-order valence-electron chi connectivity index (χ1n) is 8.16. The fourth-order valence-corrected chi connectivity index (χ4v) is 3.15. The fourth-order valence-electron chi connectivity index (χ4n) is 3.15. The molecule has 0 saturated carbocycles. The predicted molar refractivity (Wildman–Crippen MR) is 99.9 cm³/mol. The molecule has 2 heterocycles. The summed E-state index contributed by atoms with van der Waals surface area (Å²) in [4.78, 5) is 15.7. The molecule has 0 fully saturated rings. The third-order valence-corrected chi connectivity index (χ3v) is 4.43. The lowest BCUT2D eigenvalue weighted by Crippen LogP contribution is -1.88. The number of hydrogen-bond acceptors (Lipinski definition) is 4. The van der Waals surface area contributed by atoms with E-state index in [2.05, 4.69) is 19.9 Å². The van der Waals surface area contributed by atoms with Gasteiger partial charge in [0.2, 0.25) is 0 Å². The summed E-state index contributed by atoms with van der Waals surface area (Å²) in [7, 11) is 0. The monoisotopic (exact) mass is 342 g/mol. The Hall–Kier alpha value is -3.80. The highest BCUT2D eigenvalue weighted by Crippen LogP contribution is 2.36. The van der Waals surface area contributed by atoms with Crippen molar-refractivity contribution >= 4 is 22.1 Å². The van der Waals surface area contributed by atoms with Gasteiger partial charge < -0.3 is 20.2 Å². The van der Waals surface area contributed by atoms with Gasteiger partial charge in [-0.3, -0.25) is 0 Å². The third kappa shape index (κ3) is 2.12. The summed E-state index contributed by atoms with van der Waals surface area (Å²) in [6.45, 7) is 0. The van der Waals surface area contributed by atoms with E-state index < -0.39 is 0 Å². The molecule has 6 nitrogen and oxygen atoms in total. The van der Waals surface area contributed by atoms with Crippen LogP contribution in [0.5, 0.6) is 11.5 Å². The second kappa shape index (κ2) is 5.35. The Labute approximate surface area is 147 Å². The number of aromatic hydroxyl groups is 2. The van der Waals surface area contributed by atoms with Crippen molar-refractivity contribution in [1.29, 1.82) is 0 Å². The zero-order valence-electron chi connectivity index (χ0n) is 13.6. The first kappa shape index (κ1) is 14.5. The minimum Gasteiger partial charge on any atom is -0.504 e. The molecular formula is C20H14N4O2. The molecule has 0 bridgehead atoms. The van der Waals surface area contributed by atoms with Crippen LogP contribution in [0.15, 0.2) is 60.7 Å². The second-order valence-electron chi connectivity index (χ2n) is 6.06. The molecule has 126 valence electrons. The molecule has 0 unspecified atom stereocenters. The van der Waals surface area contributed by atoms with Crippen LogP contribution < -0.4 is 0 Å². The topological polar surface area (TPSA) is 97.8 Å². The van der Waals surface area contributed by atoms with Gasteiger partial charge >= 0.3 is 0 Å². The SMILES string of the molecule is Oc1ccc2[nH]c(-c3ccccc3-c3nc4ccccc4[nH]3)nc2c1O. The number of phenolic OH excluding ortho intramolecular Hbond substituents is 2. The van der Waals surface area contributed by atoms with Crippen LogP contribution in [0, 0.1) is 0 Å². The van der Waals surface area contributed by atoms with Crippen LogP contribution in [0.25, 0.3) is 44.8 Å². The molecular weight excluding hydrogens is 328 g/mol. The largest absolute Gasteiger partial charge is 0.504 e. The Kier molecular flexibility index (Phi) is 2.99. The molecule has 4 N–H and O–H groups in total. The third-order valence-electron chi connectivity index (χ3n) is 4.43. The molecule has 0 saturated heterocycles. The van der Waals surface area contributed by atoms with Crippen LogP contribution in [-0.2, 0) is 0 Å². The first-order valence-corrected chi connectivity index (χ1v) is 8.16. The van der Waals surface area contributed by atoms with Gasteiger partial charge in [0.05, 0.1) is 16.6 Å². The Morgan fingerprint density at radius 1 is 0.654 bits per heavy atom. The molecule has 5 aromatic rings. The summed E-state index contributed by atoms with van der Waals surface area (Å²) in [5.74, 6) is 0.915. The average molecular weight is 342 g/mol. The number of benzene rings is 3. The maximum absolute atomic E-state index is 10.0. The number of para-hydroxylation sites is 2. The Morgan fingerprint density at radius 2 is 1.31 bits per heavy atom. The molecule has 2 aromatic heterocycles. The second-order valence-corrected chi connectivity index (χ2v) is 6.06. The highest BCUT2D eigenvalue weighted by molar-refractivity contribution is 5.90. The van der Waals surface area contributed by atoms with Gasteiger partial charge in [-0.15, -0.1) is 0 Å². The van der Waals surface area contributed by atoms with E-state index in [1.807, 2.05) is 48.5 Å². The molecule has 26 heavy (non-hydrogen) atoms. The molecule has 5 rings (SSSR count). The zero-order chi connectivity index (χ0) is 17.7. The van der Waals surface area contributed by atoms with Crippen LogP contribution in [0.4, 0.5) is 0 Å². The summed E-state index contributed by atoms with van der Waals surface area (Å²) in [6, 6.07) is 18.8. The molecule has 0 aliphatic heterocycles. The number of hydrogen-bond donors (Lipinski definition) is 4. The molecule has 0 radical (unpaired) electrons. The predicted octanol–water partition coefficient (Wildman–Crippen LogP) is 4.18. The summed E-state index contributed by atoms with van der Waals surface area (Å²) in [6.07, 6.45) is 0. The zero-order valence-corrected chi connectivity index (χ0v) is 13.6. The smallest absolute Gasteiger partial charge is 0.185 e. The van der Waals surface area contributed by atoms with Gasteiger partial charge in [-0.25, -0.2) is 9.97 Å². The van der Waals surface area contributed by atoms with E-state index in [1.54, 1.807) is 6.07 Å². The number of fused-ring (bicyclic) bond motifs is 2. The van der Waals surface area contributed by atoms with Crippen molar-refractivity contribution in [2.24, 2.45) is 0 Å². The molecule has 0 amide bonds. The van der Waals surface area contributed by atoms with Crippen molar-refractivity contribution in [3.8, 4) is 34.3 Å². The van der Waals surface area contributed by atoms with E-state index in [9.17, 15) is 10.2 Å². The standard InChI is InChI=1S/C20H14N4O2/c25-16-10-9-15-17(18(16)26)24-20(23-15)12-6-2-1-5-11(12)19-21-13-7-3-4-8-14(13)22-19/h1-10,25-26H,(H,21,22)(H,23,24). The Balaban J connectivity index is 1.72. The van der Waals surface area contributed by atoms with Crippen molar-refractivity contribution in [2.45, 2.75) is 0 Å². The van der Waals surface area contributed by atoms with E-state index in [0.717, 1.165) is 28.0 Å². The van der Waals surface area contributed by atoms with E-state index in [1.165, 1.54) is 6.07 Å². The van der Waals surface area contributed by atoms with Crippen LogP contribution >= 0.6 is 0 Å². The Bertz CT molecular complexity index is 1240. The van der Waals surface area contributed by atoms with Crippen molar-refractivity contribution in [3.05, 3.63) is 60.7 Å². The van der Waals surface area contributed by atoms with Crippen molar-refractivity contribution in [3.63, 3.8) is 0 Å². The van der Waals surface area contributed by atoms with Gasteiger partial charge in [0.1, 0.15) is 17.2 Å². The van der Waals surface area contributed by atoms with Crippen molar-refractivity contribution in [2.75, 3.05) is 0 Å². The van der Waals surface area contributed by atoms with Crippen LogP contribution in [0.3, 0.4) is 0 Å². The average Bonchev–Trinajstić information content (AvgIpc) is 3.29. The number of aromatic nitrogens is 4. The lowest BCUT2D eigenvalue weighted by atomic mass is 10.1. The molecule has 0 atom stereocenters. The van der Waals surface area contributed by atoms with Gasteiger partial charge in [0.15, 0.2) is 11.5 Å². The number of imidazole rings is 2. The van der Waals surface area contributed by atoms with Crippen molar-refractivity contribution < 1.29 is 10.2 Å². The summed E-state index contributed by atoms with van der Waals surface area (Å²) < 4.78 is 0. The number of nitrogens with one attached hydrogen (secondary N) is 2. The van der Waals surface area contributed by atoms with E-state index in [4.69, 9.17) is 0 Å². The van der Waals surface area contributed by atoms with Gasteiger partial charge in [-0.05, 0) is 24.3 Å². The number of aromatic amines is 2. The first-order chi connectivity index (χ1) is 12.7.